The summed E-state index contributed by atoms with van der Waals surface area (Å²) in [6.07, 6.45) is -0.143. The van der Waals surface area contributed by atoms with Gasteiger partial charge in [-0.25, -0.2) is 0 Å². The van der Waals surface area contributed by atoms with Crippen molar-refractivity contribution in [1.82, 2.24) is 9.80 Å². The number of amides is 2. The second-order valence-corrected chi connectivity index (χ2v) is 3.52. The molecule has 7 heteroatoms. The maximum Gasteiger partial charge on any atom is 0.312 e. The number of rotatable bonds is 5. The summed E-state index contributed by atoms with van der Waals surface area (Å²) in [6.45, 7) is 1.54. The molecule has 2 amide bonds. The van der Waals surface area contributed by atoms with Gasteiger partial charge in [-0.15, -0.1) is 0 Å². The Kier molecular flexibility index (Phi) is 4.24. The maximum absolute atomic E-state index is 11.5. The lowest BCUT2D eigenvalue weighted by molar-refractivity contribution is -0.156. The highest BCUT2D eigenvalue weighted by atomic mass is 16.4. The van der Waals surface area contributed by atoms with E-state index in [1.54, 1.807) is 0 Å². The average molecular weight is 229 g/mol. The van der Waals surface area contributed by atoms with Gasteiger partial charge in [-0.05, 0) is 0 Å². The second-order valence-electron chi connectivity index (χ2n) is 3.52. The molecular formula is C9H15N3O4. The number of carboxylic acid groups (broad SMARTS) is 1. The van der Waals surface area contributed by atoms with E-state index in [4.69, 9.17) is 10.8 Å². The van der Waals surface area contributed by atoms with Gasteiger partial charge in [-0.3, -0.25) is 14.4 Å². The largest absolute Gasteiger partial charge is 0.481 e. The third-order valence-electron chi connectivity index (χ3n) is 2.39. The van der Waals surface area contributed by atoms with E-state index in [9.17, 15) is 14.4 Å². The predicted molar refractivity (Wildman–Crippen MR) is 54.5 cm³/mol. The van der Waals surface area contributed by atoms with Crippen LogP contribution in [0.3, 0.4) is 0 Å². The molecule has 0 aliphatic carbocycles. The molecule has 0 aromatic heterocycles. The van der Waals surface area contributed by atoms with E-state index in [1.807, 2.05) is 0 Å². The molecule has 1 aliphatic heterocycles. The lowest BCUT2D eigenvalue weighted by Crippen LogP contribution is -2.55. The molecule has 0 unspecified atom stereocenters. The fourth-order valence-corrected chi connectivity index (χ4v) is 1.53. The van der Waals surface area contributed by atoms with Crippen molar-refractivity contribution in [3.8, 4) is 0 Å². The fraction of sp³-hybridized carbons (Fsp3) is 0.667. The molecule has 0 atom stereocenters. The minimum absolute atomic E-state index is 0.0797. The highest BCUT2D eigenvalue weighted by molar-refractivity contribution is 6.35. The Morgan fingerprint density at radius 2 is 1.69 bits per heavy atom. The average Bonchev–Trinajstić information content (AvgIpc) is 2.24. The molecule has 0 bridgehead atoms. The van der Waals surface area contributed by atoms with Crippen LogP contribution in [0.2, 0.25) is 0 Å². The molecule has 1 aliphatic rings. The Hall–Kier alpha value is -1.63. The zero-order valence-electron chi connectivity index (χ0n) is 8.89. The molecular weight excluding hydrogens is 214 g/mol. The van der Waals surface area contributed by atoms with E-state index < -0.39 is 17.8 Å². The van der Waals surface area contributed by atoms with E-state index in [0.29, 0.717) is 26.2 Å². The van der Waals surface area contributed by atoms with Crippen LogP contribution in [0.4, 0.5) is 0 Å². The van der Waals surface area contributed by atoms with Crippen molar-refractivity contribution in [3.63, 3.8) is 0 Å². The van der Waals surface area contributed by atoms with Gasteiger partial charge in [-0.2, -0.15) is 0 Å². The van der Waals surface area contributed by atoms with E-state index in [-0.39, 0.29) is 13.0 Å². The Morgan fingerprint density at radius 1 is 1.19 bits per heavy atom. The zero-order chi connectivity index (χ0) is 12.1. The van der Waals surface area contributed by atoms with Crippen LogP contribution in [0.15, 0.2) is 0 Å². The van der Waals surface area contributed by atoms with Crippen LogP contribution in [0.5, 0.6) is 0 Å². The maximum atomic E-state index is 11.5. The summed E-state index contributed by atoms with van der Waals surface area (Å²) < 4.78 is 0. The number of carbonyl (C=O) groups is 3. The first-order chi connectivity index (χ1) is 7.56. The molecule has 7 nitrogen and oxygen atoms in total. The quantitative estimate of drug-likeness (QED) is 0.535. The summed E-state index contributed by atoms with van der Waals surface area (Å²) in [4.78, 5) is 36.0. The van der Waals surface area contributed by atoms with Gasteiger partial charge in [0.25, 0.3) is 0 Å². The fourth-order valence-electron chi connectivity index (χ4n) is 1.53. The van der Waals surface area contributed by atoms with E-state index in [0.717, 1.165) is 0 Å². The van der Waals surface area contributed by atoms with Gasteiger partial charge in [0.2, 0.25) is 0 Å². The number of nitrogens with zero attached hydrogens (tertiary/aromatic N) is 2. The van der Waals surface area contributed by atoms with Crippen molar-refractivity contribution in [1.29, 1.82) is 0 Å². The third kappa shape index (κ3) is 2.93. The number of aliphatic carboxylic acids is 1. The molecule has 1 saturated heterocycles. The summed E-state index contributed by atoms with van der Waals surface area (Å²) in [5.41, 5.74) is 5.30. The minimum Gasteiger partial charge on any atom is -0.481 e. The highest BCUT2D eigenvalue weighted by Gasteiger charge is 2.31. The van der Waals surface area contributed by atoms with E-state index in [1.165, 1.54) is 9.80 Å². The summed E-state index contributed by atoms with van der Waals surface area (Å²) in [5, 5.41) is 8.48. The molecule has 90 valence electrons. The molecule has 16 heavy (non-hydrogen) atoms. The van der Waals surface area contributed by atoms with Crippen LogP contribution >= 0.6 is 0 Å². The van der Waals surface area contributed by atoms with Gasteiger partial charge in [0, 0.05) is 32.7 Å². The lowest BCUT2D eigenvalue weighted by Gasteiger charge is -2.33. The van der Waals surface area contributed by atoms with Crippen molar-refractivity contribution < 1.29 is 19.5 Å². The van der Waals surface area contributed by atoms with Gasteiger partial charge < -0.3 is 20.6 Å². The summed E-state index contributed by atoms with van der Waals surface area (Å²) in [6, 6.07) is 0. The molecule has 0 radical (unpaired) electrons. The lowest BCUT2D eigenvalue weighted by atomic mass is 10.2. The van der Waals surface area contributed by atoms with Crippen LogP contribution in [-0.4, -0.2) is 65.4 Å². The molecule has 1 fully saturated rings. The number of carbonyl (C=O) groups excluding carboxylic acids is 2. The van der Waals surface area contributed by atoms with Crippen LogP contribution in [0.25, 0.3) is 0 Å². The topological polar surface area (TPSA) is 104 Å². The molecule has 0 spiro atoms. The van der Waals surface area contributed by atoms with Crippen LogP contribution in [0.1, 0.15) is 6.42 Å². The first kappa shape index (κ1) is 12.4. The Morgan fingerprint density at radius 3 is 2.12 bits per heavy atom. The standard InChI is InChI=1S/C9H15N3O4/c10-2-4-12-6-5-11(3-1-7(13)14)8(15)9(12)16/h1-6,10H2,(H,13,14). The highest BCUT2D eigenvalue weighted by Crippen LogP contribution is 2.05. The number of hydrogen-bond acceptors (Lipinski definition) is 4. The first-order valence-corrected chi connectivity index (χ1v) is 5.06. The summed E-state index contributed by atoms with van der Waals surface area (Å²) in [5.74, 6) is -2.22. The number of nitrogens with two attached hydrogens (primary N) is 1. The van der Waals surface area contributed by atoms with E-state index >= 15 is 0 Å². The molecule has 0 saturated carbocycles. The summed E-state index contributed by atoms with van der Waals surface area (Å²) in [7, 11) is 0. The van der Waals surface area contributed by atoms with Gasteiger partial charge in [0.15, 0.2) is 0 Å². The third-order valence-corrected chi connectivity index (χ3v) is 2.39. The minimum atomic E-state index is -0.982. The Bertz CT molecular complexity index is 305. The van der Waals surface area contributed by atoms with Gasteiger partial charge in [-0.1, -0.05) is 0 Å². The van der Waals surface area contributed by atoms with Gasteiger partial charge >= 0.3 is 17.8 Å². The predicted octanol–water partition coefficient (Wildman–Crippen LogP) is -1.91. The first-order valence-electron chi connectivity index (χ1n) is 5.06. The van der Waals surface area contributed by atoms with Crippen molar-refractivity contribution in [2.24, 2.45) is 5.73 Å². The molecule has 1 rings (SSSR count). The SMILES string of the molecule is NCCN1CCN(CCC(=O)O)C(=O)C1=O. The number of piperazine rings is 1. The van der Waals surface area contributed by atoms with Gasteiger partial charge in [0.1, 0.15) is 0 Å². The van der Waals surface area contributed by atoms with Crippen molar-refractivity contribution in [3.05, 3.63) is 0 Å². The van der Waals surface area contributed by atoms with Crippen molar-refractivity contribution in [2.75, 3.05) is 32.7 Å². The second kappa shape index (κ2) is 5.45. The normalized spacial score (nSPS) is 16.8. The summed E-state index contributed by atoms with van der Waals surface area (Å²) >= 11 is 0. The monoisotopic (exact) mass is 229 g/mol. The van der Waals surface area contributed by atoms with Crippen molar-refractivity contribution >= 4 is 17.8 Å². The van der Waals surface area contributed by atoms with Crippen LogP contribution in [-0.2, 0) is 14.4 Å². The molecule has 1 heterocycles. The molecule has 0 aromatic rings. The number of carboxylic acids is 1. The van der Waals surface area contributed by atoms with Crippen LogP contribution < -0.4 is 5.73 Å². The Balaban J connectivity index is 2.51. The number of hydrogen-bond donors (Lipinski definition) is 2. The zero-order valence-corrected chi connectivity index (χ0v) is 8.89. The Labute approximate surface area is 92.8 Å². The van der Waals surface area contributed by atoms with Crippen LogP contribution in [0, 0.1) is 0 Å². The smallest absolute Gasteiger partial charge is 0.312 e. The van der Waals surface area contributed by atoms with Crippen molar-refractivity contribution in [2.45, 2.75) is 6.42 Å². The molecule has 3 N–H and O–H groups in total. The van der Waals surface area contributed by atoms with Gasteiger partial charge in [0.05, 0.1) is 6.42 Å². The molecule has 0 aromatic carbocycles. The van der Waals surface area contributed by atoms with E-state index in [2.05, 4.69) is 0 Å².